The molecule has 0 atom stereocenters. The van der Waals surface area contributed by atoms with Crippen LogP contribution in [0.1, 0.15) is 35.6 Å². The van der Waals surface area contributed by atoms with Gasteiger partial charge in [-0.05, 0) is 31.0 Å². The van der Waals surface area contributed by atoms with Crippen molar-refractivity contribution in [1.29, 1.82) is 0 Å². The van der Waals surface area contributed by atoms with Crippen molar-refractivity contribution in [3.63, 3.8) is 0 Å². The lowest BCUT2D eigenvalue weighted by atomic mass is 10.2. The molecule has 2 aromatic rings. The zero-order valence-electron chi connectivity index (χ0n) is 14.0. The van der Waals surface area contributed by atoms with Gasteiger partial charge in [0.05, 0.1) is 11.3 Å². The maximum Gasteiger partial charge on any atom is 0.416 e. The number of carbonyl (C=O) groups is 1. The van der Waals surface area contributed by atoms with Crippen LogP contribution in [-0.4, -0.2) is 22.2 Å². The Labute approximate surface area is 142 Å². The minimum absolute atomic E-state index is 0.116. The van der Waals surface area contributed by atoms with E-state index in [4.69, 9.17) is 0 Å². The van der Waals surface area contributed by atoms with Gasteiger partial charge in [0.2, 0.25) is 5.43 Å². The first kappa shape index (κ1) is 18.7. The van der Waals surface area contributed by atoms with Crippen molar-refractivity contribution in [3.8, 4) is 5.69 Å². The van der Waals surface area contributed by atoms with Crippen molar-refractivity contribution in [2.75, 3.05) is 6.54 Å². The fraction of sp³-hybridized carbons (Fsp3) is 0.353. The molecule has 1 N–H and O–H groups in total. The predicted molar refractivity (Wildman–Crippen MR) is 86.7 cm³/mol. The number of aryl methyl sites for hydroxylation is 1. The Hall–Kier alpha value is -2.64. The lowest BCUT2D eigenvalue weighted by Crippen LogP contribution is -2.34. The quantitative estimate of drug-likeness (QED) is 0.919. The number of alkyl halides is 3. The maximum atomic E-state index is 12.9. The monoisotopic (exact) mass is 353 g/mol. The summed E-state index contributed by atoms with van der Waals surface area (Å²) in [5.74, 6) is -0.473. The van der Waals surface area contributed by atoms with Crippen LogP contribution in [0, 0.1) is 12.8 Å². The van der Waals surface area contributed by atoms with Crippen LogP contribution >= 0.6 is 0 Å². The Morgan fingerprint density at radius 3 is 2.56 bits per heavy atom. The van der Waals surface area contributed by atoms with Gasteiger partial charge in [-0.25, -0.2) is 4.68 Å². The predicted octanol–water partition coefficient (Wildman–Crippen LogP) is 2.95. The number of carbonyl (C=O) groups excluding carboxylic acids is 1. The first-order valence-electron chi connectivity index (χ1n) is 7.66. The molecule has 0 bridgehead atoms. The van der Waals surface area contributed by atoms with E-state index >= 15 is 0 Å². The molecule has 2 rings (SSSR count). The molecule has 1 aromatic carbocycles. The standard InChI is InChI=1S/C17H18F3N3O2/c1-10(2)9-21-16(25)15-14(24)7-11(3)23(22-15)13-6-4-5-12(8-13)17(18,19)20/h4-8,10H,9H2,1-3H3,(H,21,25). The summed E-state index contributed by atoms with van der Waals surface area (Å²) >= 11 is 0. The molecule has 8 heteroatoms. The molecule has 0 spiro atoms. The van der Waals surface area contributed by atoms with Gasteiger partial charge in [-0.1, -0.05) is 19.9 Å². The molecule has 0 saturated heterocycles. The van der Waals surface area contributed by atoms with Crippen molar-refractivity contribution >= 4 is 5.91 Å². The Morgan fingerprint density at radius 2 is 1.96 bits per heavy atom. The summed E-state index contributed by atoms with van der Waals surface area (Å²) in [4.78, 5) is 24.1. The zero-order chi connectivity index (χ0) is 18.8. The van der Waals surface area contributed by atoms with Crippen LogP contribution < -0.4 is 10.7 Å². The van der Waals surface area contributed by atoms with Gasteiger partial charge in [0.15, 0.2) is 5.69 Å². The fourth-order valence-electron chi connectivity index (χ4n) is 2.16. The number of rotatable bonds is 4. The van der Waals surface area contributed by atoms with Crippen LogP contribution in [-0.2, 0) is 6.18 Å². The van der Waals surface area contributed by atoms with Crippen LogP contribution in [0.5, 0.6) is 0 Å². The largest absolute Gasteiger partial charge is 0.416 e. The van der Waals surface area contributed by atoms with E-state index in [-0.39, 0.29) is 17.3 Å². The molecule has 1 aromatic heterocycles. The second kappa shape index (κ2) is 7.08. The van der Waals surface area contributed by atoms with Crippen molar-refractivity contribution in [2.45, 2.75) is 26.9 Å². The highest BCUT2D eigenvalue weighted by molar-refractivity contribution is 5.92. The molecular weight excluding hydrogens is 335 g/mol. The Bertz CT molecular complexity index is 842. The Kier molecular flexibility index (Phi) is 5.30. The number of hydrogen-bond donors (Lipinski definition) is 1. The Balaban J connectivity index is 2.48. The van der Waals surface area contributed by atoms with Gasteiger partial charge in [-0.3, -0.25) is 9.59 Å². The molecule has 0 unspecified atom stereocenters. The van der Waals surface area contributed by atoms with E-state index in [1.54, 1.807) is 0 Å². The van der Waals surface area contributed by atoms with Crippen LogP contribution in [0.15, 0.2) is 35.1 Å². The van der Waals surface area contributed by atoms with Crippen LogP contribution in [0.25, 0.3) is 5.69 Å². The number of benzene rings is 1. The van der Waals surface area contributed by atoms with E-state index in [0.717, 1.165) is 16.8 Å². The SMILES string of the molecule is Cc1cc(=O)c(C(=O)NCC(C)C)nn1-c1cccc(C(F)(F)F)c1. The normalized spacial score (nSPS) is 11.6. The molecule has 0 fully saturated rings. The second-order valence-corrected chi connectivity index (χ2v) is 6.06. The molecule has 1 amide bonds. The molecule has 0 aliphatic carbocycles. The minimum atomic E-state index is -4.50. The highest BCUT2D eigenvalue weighted by atomic mass is 19.4. The Morgan fingerprint density at radius 1 is 1.28 bits per heavy atom. The number of aromatic nitrogens is 2. The molecule has 25 heavy (non-hydrogen) atoms. The van der Waals surface area contributed by atoms with E-state index in [0.29, 0.717) is 12.2 Å². The van der Waals surface area contributed by atoms with Crippen LogP contribution in [0.2, 0.25) is 0 Å². The molecular formula is C17H18F3N3O2. The molecule has 5 nitrogen and oxygen atoms in total. The van der Waals surface area contributed by atoms with Gasteiger partial charge >= 0.3 is 6.18 Å². The summed E-state index contributed by atoms with van der Waals surface area (Å²) in [6.45, 7) is 5.68. The molecule has 134 valence electrons. The first-order valence-corrected chi connectivity index (χ1v) is 7.66. The van der Waals surface area contributed by atoms with E-state index in [1.807, 2.05) is 13.8 Å². The molecule has 0 radical (unpaired) electrons. The van der Waals surface area contributed by atoms with E-state index in [1.165, 1.54) is 25.1 Å². The summed E-state index contributed by atoms with van der Waals surface area (Å²) in [5.41, 5.74) is -1.34. The van der Waals surface area contributed by atoms with Crippen molar-refractivity contribution < 1.29 is 18.0 Å². The van der Waals surface area contributed by atoms with Gasteiger partial charge in [-0.2, -0.15) is 18.3 Å². The van der Waals surface area contributed by atoms with Crippen molar-refractivity contribution in [1.82, 2.24) is 15.1 Å². The van der Waals surface area contributed by atoms with Crippen molar-refractivity contribution in [3.05, 3.63) is 57.5 Å². The molecule has 0 saturated carbocycles. The third-order valence-corrected chi connectivity index (χ3v) is 3.41. The van der Waals surface area contributed by atoms with E-state index in [9.17, 15) is 22.8 Å². The van der Waals surface area contributed by atoms with Crippen molar-refractivity contribution in [2.24, 2.45) is 5.92 Å². The van der Waals surface area contributed by atoms with Gasteiger partial charge in [0, 0.05) is 18.3 Å². The number of nitrogens with one attached hydrogen (secondary N) is 1. The summed E-state index contributed by atoms with van der Waals surface area (Å²) in [6.07, 6.45) is -4.50. The highest BCUT2D eigenvalue weighted by Gasteiger charge is 2.30. The van der Waals surface area contributed by atoms with Crippen LogP contribution in [0.3, 0.4) is 0 Å². The topological polar surface area (TPSA) is 64.0 Å². The number of hydrogen-bond acceptors (Lipinski definition) is 3. The van der Waals surface area contributed by atoms with Gasteiger partial charge < -0.3 is 5.32 Å². The average molecular weight is 353 g/mol. The molecule has 0 aliphatic rings. The van der Waals surface area contributed by atoms with E-state index < -0.39 is 23.1 Å². The summed E-state index contributed by atoms with van der Waals surface area (Å²) < 4.78 is 39.8. The maximum absolute atomic E-state index is 12.9. The van der Waals surface area contributed by atoms with Gasteiger partial charge in [-0.15, -0.1) is 0 Å². The van der Waals surface area contributed by atoms with Crippen LogP contribution in [0.4, 0.5) is 13.2 Å². The molecule has 0 aliphatic heterocycles. The smallest absolute Gasteiger partial charge is 0.350 e. The third-order valence-electron chi connectivity index (χ3n) is 3.41. The molecule has 1 heterocycles. The lowest BCUT2D eigenvalue weighted by Gasteiger charge is -2.14. The third kappa shape index (κ3) is 4.46. The van der Waals surface area contributed by atoms with Gasteiger partial charge in [0.25, 0.3) is 5.91 Å². The van der Waals surface area contributed by atoms with Gasteiger partial charge in [0.1, 0.15) is 0 Å². The number of nitrogens with zero attached hydrogens (tertiary/aromatic N) is 2. The zero-order valence-corrected chi connectivity index (χ0v) is 14.0. The number of amides is 1. The number of halogens is 3. The summed E-state index contributed by atoms with van der Waals surface area (Å²) in [5, 5.41) is 6.55. The lowest BCUT2D eigenvalue weighted by molar-refractivity contribution is -0.137. The minimum Gasteiger partial charge on any atom is -0.350 e. The second-order valence-electron chi connectivity index (χ2n) is 6.06. The summed E-state index contributed by atoms with van der Waals surface area (Å²) in [6, 6.07) is 5.71. The van der Waals surface area contributed by atoms with E-state index in [2.05, 4.69) is 10.4 Å². The highest BCUT2D eigenvalue weighted by Crippen LogP contribution is 2.30. The fourth-order valence-corrected chi connectivity index (χ4v) is 2.16. The average Bonchev–Trinajstić information content (AvgIpc) is 2.52. The summed E-state index contributed by atoms with van der Waals surface area (Å²) in [7, 11) is 0. The first-order chi connectivity index (χ1) is 11.6.